The van der Waals surface area contributed by atoms with Gasteiger partial charge in [0.1, 0.15) is 18.1 Å². The molecule has 2 rings (SSSR count). The van der Waals surface area contributed by atoms with Crippen LogP contribution in [0.15, 0.2) is 36.5 Å². The van der Waals surface area contributed by atoms with Crippen molar-refractivity contribution < 1.29 is 33.6 Å². The van der Waals surface area contributed by atoms with Crippen LogP contribution in [-0.2, 0) is 28.8 Å². The van der Waals surface area contributed by atoms with E-state index < -0.39 is 71.7 Å². The maximum atomic E-state index is 14.5. The number of nitrogens with zero attached hydrogens (tertiary/aromatic N) is 2. The predicted molar refractivity (Wildman–Crippen MR) is 218 cm³/mol. The van der Waals surface area contributed by atoms with Crippen molar-refractivity contribution in [2.45, 2.75) is 136 Å². The van der Waals surface area contributed by atoms with Crippen molar-refractivity contribution in [1.29, 1.82) is 0 Å². The first-order valence-electron chi connectivity index (χ1n) is 20.2. The second-order valence-corrected chi connectivity index (χ2v) is 17.0. The van der Waals surface area contributed by atoms with Gasteiger partial charge in [-0.05, 0) is 82.6 Å². The number of amides is 7. The Morgan fingerprint density at radius 1 is 0.929 bits per heavy atom. The van der Waals surface area contributed by atoms with Gasteiger partial charge in [0.25, 0.3) is 5.91 Å². The Morgan fingerprint density at radius 2 is 1.57 bits per heavy atom. The summed E-state index contributed by atoms with van der Waals surface area (Å²) in [6.07, 6.45) is 12.2. The topological polar surface area (TPSA) is 186 Å². The molecule has 0 bridgehead atoms. The molecule has 6 atom stereocenters. The van der Waals surface area contributed by atoms with Gasteiger partial charge in [-0.15, -0.1) is 0 Å². The van der Waals surface area contributed by atoms with Crippen molar-refractivity contribution in [3.05, 3.63) is 36.5 Å². The molecule has 5 N–H and O–H groups in total. The van der Waals surface area contributed by atoms with Crippen LogP contribution in [0.1, 0.15) is 107 Å². The minimum Gasteiger partial charge on any atom is -0.347 e. The summed E-state index contributed by atoms with van der Waals surface area (Å²) < 4.78 is 0. The fraction of sp³-hybridized carbons (Fsp3) is 0.690. The van der Waals surface area contributed by atoms with E-state index in [-0.39, 0.29) is 36.0 Å². The van der Waals surface area contributed by atoms with Gasteiger partial charge < -0.3 is 36.4 Å². The molecular formula is C42H69N7O7. The van der Waals surface area contributed by atoms with Gasteiger partial charge in [0.15, 0.2) is 0 Å². The third-order valence-corrected chi connectivity index (χ3v) is 10.7. The van der Waals surface area contributed by atoms with Gasteiger partial charge in [-0.25, -0.2) is 4.79 Å². The SMILES string of the molecule is C=C/C(=C\C=C/C)C(NC(=O)CNC(=O)C(=O)C(CC(C)CC)NC(=O)C1C[C@@H](C(C)C)CN1C(=O)C(NC(=O)NC(C)(C)C)C1CCCCC1)C(=O)N(C)C. The monoisotopic (exact) mass is 784 g/mol. The Hall–Kier alpha value is -4.49. The molecule has 2 aliphatic rings. The van der Waals surface area contributed by atoms with Crippen molar-refractivity contribution in [2.75, 3.05) is 27.2 Å². The Labute approximate surface area is 334 Å². The number of ketones is 1. The van der Waals surface area contributed by atoms with E-state index in [1.807, 2.05) is 48.5 Å². The lowest BCUT2D eigenvalue weighted by molar-refractivity contribution is -0.143. The molecule has 1 heterocycles. The van der Waals surface area contributed by atoms with Crippen LogP contribution >= 0.6 is 0 Å². The summed E-state index contributed by atoms with van der Waals surface area (Å²) >= 11 is 0. The van der Waals surface area contributed by atoms with Gasteiger partial charge in [-0.3, -0.25) is 28.8 Å². The maximum absolute atomic E-state index is 14.5. The van der Waals surface area contributed by atoms with Crippen LogP contribution in [0, 0.1) is 23.7 Å². The molecular weight excluding hydrogens is 715 g/mol. The minimum atomic E-state index is -1.22. The molecule has 14 nitrogen and oxygen atoms in total. The van der Waals surface area contributed by atoms with Crippen molar-refractivity contribution >= 4 is 41.4 Å². The number of likely N-dealkylation sites (N-methyl/N-ethyl adjacent to an activating group) is 1. The molecule has 5 unspecified atom stereocenters. The smallest absolute Gasteiger partial charge is 0.315 e. The molecule has 1 aliphatic heterocycles. The van der Waals surface area contributed by atoms with Crippen molar-refractivity contribution in [2.24, 2.45) is 23.7 Å². The lowest BCUT2D eigenvalue weighted by atomic mass is 9.83. The summed E-state index contributed by atoms with van der Waals surface area (Å²) in [5.74, 6) is -4.00. The van der Waals surface area contributed by atoms with Gasteiger partial charge in [0.2, 0.25) is 29.4 Å². The van der Waals surface area contributed by atoms with Crippen molar-refractivity contribution in [3.63, 3.8) is 0 Å². The number of carbonyl (C=O) groups excluding carboxylic acids is 7. The van der Waals surface area contributed by atoms with E-state index in [4.69, 9.17) is 0 Å². The molecule has 14 heteroatoms. The Bertz CT molecular complexity index is 1480. The normalized spacial score (nSPS) is 20.1. The third kappa shape index (κ3) is 14.5. The quantitative estimate of drug-likeness (QED) is 0.103. The van der Waals surface area contributed by atoms with Gasteiger partial charge >= 0.3 is 6.03 Å². The molecule has 0 aromatic rings. The van der Waals surface area contributed by atoms with Crippen molar-refractivity contribution in [1.82, 2.24) is 36.4 Å². The number of likely N-dealkylation sites (tertiary alicyclic amines) is 1. The number of hydrogen-bond acceptors (Lipinski definition) is 7. The van der Waals surface area contributed by atoms with Crippen LogP contribution in [0.25, 0.3) is 0 Å². The number of hydrogen-bond donors (Lipinski definition) is 5. The standard InChI is InChI=1S/C42H69N7O7/c1-12-15-19-28(14-3)34(39(54)48(10)11)45-33(50)24-43-38(53)36(51)31(22-27(6)13-2)44-37(52)32-23-30(26(4)5)25-49(32)40(55)35(29-20-17-16-18-21-29)46-41(56)47-42(7,8)9/h12,14-15,19,26-27,29-32,34-35H,3,13,16-18,20-25H2,1-2,4-11H3,(H,43,53)(H,44,52)(H,45,50)(H2,46,47,56)/b15-12-,28-19+/t27?,30-,31?,32?,34?,35?/m1/s1. The summed E-state index contributed by atoms with van der Waals surface area (Å²) in [4.78, 5) is 97.6. The van der Waals surface area contributed by atoms with Crippen LogP contribution in [-0.4, -0.2) is 108 Å². The Balaban J connectivity index is 2.31. The molecule has 0 radical (unpaired) electrons. The minimum absolute atomic E-state index is 0.00622. The van der Waals surface area contributed by atoms with Crippen LogP contribution in [0.4, 0.5) is 4.79 Å². The summed E-state index contributed by atoms with van der Waals surface area (Å²) in [5, 5.41) is 13.6. The average molecular weight is 784 g/mol. The van der Waals surface area contributed by atoms with Crippen LogP contribution in [0.2, 0.25) is 0 Å². The number of carbonyl (C=O) groups is 7. The number of allylic oxidation sites excluding steroid dienone is 3. The highest BCUT2D eigenvalue weighted by atomic mass is 16.2. The molecule has 314 valence electrons. The first kappa shape index (κ1) is 47.7. The molecule has 1 saturated heterocycles. The maximum Gasteiger partial charge on any atom is 0.315 e. The molecule has 0 spiro atoms. The lowest BCUT2D eigenvalue weighted by Crippen LogP contribution is -2.60. The van der Waals surface area contributed by atoms with Crippen LogP contribution in [0.3, 0.4) is 0 Å². The summed E-state index contributed by atoms with van der Waals surface area (Å²) in [6, 6.07) is -4.51. The highest BCUT2D eigenvalue weighted by molar-refractivity contribution is 6.38. The molecule has 2 fully saturated rings. The van der Waals surface area contributed by atoms with E-state index in [1.165, 1.54) is 11.0 Å². The second kappa shape index (κ2) is 22.3. The van der Waals surface area contributed by atoms with Gasteiger partial charge in [-0.1, -0.05) is 84.3 Å². The lowest BCUT2D eigenvalue weighted by Gasteiger charge is -2.35. The van der Waals surface area contributed by atoms with E-state index in [0.29, 0.717) is 25.0 Å². The van der Waals surface area contributed by atoms with E-state index in [9.17, 15) is 33.6 Å². The van der Waals surface area contributed by atoms with Gasteiger partial charge in [0, 0.05) is 26.2 Å². The Kier molecular flexibility index (Phi) is 19.0. The number of rotatable bonds is 18. The zero-order chi connectivity index (χ0) is 42.3. The highest BCUT2D eigenvalue weighted by Gasteiger charge is 2.45. The first-order chi connectivity index (χ1) is 26.2. The number of urea groups is 1. The number of Topliss-reactive ketones (excluding diaryl/α,β-unsaturated/α-hetero) is 1. The fourth-order valence-electron chi connectivity index (χ4n) is 7.11. The molecule has 1 aliphatic carbocycles. The van der Waals surface area contributed by atoms with Crippen molar-refractivity contribution in [3.8, 4) is 0 Å². The van der Waals surface area contributed by atoms with Crippen LogP contribution in [0.5, 0.6) is 0 Å². The van der Waals surface area contributed by atoms with E-state index in [1.54, 1.807) is 44.1 Å². The molecule has 0 aromatic heterocycles. The first-order valence-corrected chi connectivity index (χ1v) is 20.2. The molecule has 56 heavy (non-hydrogen) atoms. The second-order valence-electron chi connectivity index (χ2n) is 17.0. The highest BCUT2D eigenvalue weighted by Crippen LogP contribution is 2.33. The molecule has 0 aromatic carbocycles. The summed E-state index contributed by atoms with van der Waals surface area (Å²) in [5.41, 5.74) is -0.0930. The largest absolute Gasteiger partial charge is 0.347 e. The zero-order valence-electron chi connectivity index (χ0n) is 35.5. The van der Waals surface area contributed by atoms with Gasteiger partial charge in [-0.2, -0.15) is 0 Å². The fourth-order valence-corrected chi connectivity index (χ4v) is 7.11. The molecule has 7 amide bonds. The van der Waals surface area contributed by atoms with Gasteiger partial charge in [0.05, 0.1) is 12.6 Å². The molecule has 1 saturated carbocycles. The average Bonchev–Trinajstić information content (AvgIpc) is 3.60. The summed E-state index contributed by atoms with van der Waals surface area (Å²) in [6.45, 7) is 18.8. The predicted octanol–water partition coefficient (Wildman–Crippen LogP) is 3.77. The van der Waals surface area contributed by atoms with E-state index in [2.05, 4.69) is 33.2 Å². The van der Waals surface area contributed by atoms with Crippen LogP contribution < -0.4 is 26.6 Å². The van der Waals surface area contributed by atoms with E-state index in [0.717, 1.165) is 32.1 Å². The van der Waals surface area contributed by atoms with E-state index >= 15 is 0 Å². The zero-order valence-corrected chi connectivity index (χ0v) is 35.5. The third-order valence-electron chi connectivity index (χ3n) is 10.7. The summed E-state index contributed by atoms with van der Waals surface area (Å²) in [7, 11) is 3.10. The number of nitrogens with one attached hydrogen (secondary N) is 5. The Morgan fingerprint density at radius 3 is 2.11 bits per heavy atom.